The molecule has 5 heteroatoms. The average molecular weight is 269 g/mol. The second-order valence-electron chi connectivity index (χ2n) is 4.57. The summed E-state index contributed by atoms with van der Waals surface area (Å²) in [5.74, 6) is 0.593. The molecule has 0 aliphatic carbocycles. The van der Waals surface area contributed by atoms with Crippen LogP contribution >= 0.6 is 11.6 Å². The first-order valence-electron chi connectivity index (χ1n) is 6.04. The van der Waals surface area contributed by atoms with E-state index in [1.54, 1.807) is 6.07 Å². The molecule has 98 valence electrons. The van der Waals surface area contributed by atoms with Crippen molar-refractivity contribution in [2.24, 2.45) is 0 Å². The maximum Gasteiger partial charge on any atom is 0.147 e. The van der Waals surface area contributed by atoms with Crippen molar-refractivity contribution in [1.82, 2.24) is 5.48 Å². The number of ether oxygens (including phenoxy) is 1. The molecule has 0 saturated carbocycles. The largest absolute Gasteiger partial charge is 0.485 e. The Bertz CT molecular complexity index is 464. The molecule has 0 bridgehead atoms. The smallest absolute Gasteiger partial charge is 0.147 e. The van der Waals surface area contributed by atoms with Crippen LogP contribution in [0.25, 0.3) is 0 Å². The quantitative estimate of drug-likeness (QED) is 0.736. The van der Waals surface area contributed by atoms with Crippen LogP contribution in [0, 0.1) is 5.41 Å². The molecule has 1 atom stereocenters. The number of para-hydroxylation sites is 1. The monoisotopic (exact) mass is 268 g/mol. The van der Waals surface area contributed by atoms with E-state index in [1.165, 1.54) is 0 Å². The summed E-state index contributed by atoms with van der Waals surface area (Å²) in [6.07, 6.45) is 1.94. The van der Waals surface area contributed by atoms with Crippen LogP contribution < -0.4 is 10.2 Å². The lowest BCUT2D eigenvalue weighted by Crippen LogP contribution is -2.43. The van der Waals surface area contributed by atoms with Gasteiger partial charge in [0.1, 0.15) is 11.4 Å². The number of rotatable bonds is 4. The van der Waals surface area contributed by atoms with Gasteiger partial charge in [-0.25, -0.2) is 5.48 Å². The Morgan fingerprint density at radius 1 is 1.56 bits per heavy atom. The molecule has 0 spiro atoms. The SMILES string of the molecule is CCC1(CCNO)CC(=N)c2cccc(Cl)c2O1. The summed E-state index contributed by atoms with van der Waals surface area (Å²) in [5, 5.41) is 17.4. The first-order chi connectivity index (χ1) is 8.62. The minimum Gasteiger partial charge on any atom is -0.485 e. The van der Waals surface area contributed by atoms with Crippen LogP contribution in [0.15, 0.2) is 18.2 Å². The third-order valence-electron chi connectivity index (χ3n) is 3.45. The van der Waals surface area contributed by atoms with E-state index in [2.05, 4.69) is 5.48 Å². The minimum absolute atomic E-state index is 0.431. The van der Waals surface area contributed by atoms with Gasteiger partial charge in [-0.15, -0.1) is 0 Å². The molecule has 0 aromatic heterocycles. The van der Waals surface area contributed by atoms with E-state index in [-0.39, 0.29) is 0 Å². The molecule has 0 saturated heterocycles. The molecular weight excluding hydrogens is 252 g/mol. The first kappa shape index (κ1) is 13.3. The van der Waals surface area contributed by atoms with Crippen LogP contribution in [-0.4, -0.2) is 23.1 Å². The molecule has 18 heavy (non-hydrogen) atoms. The summed E-state index contributed by atoms with van der Waals surface area (Å²) >= 11 is 6.14. The van der Waals surface area contributed by atoms with Crippen molar-refractivity contribution in [1.29, 1.82) is 5.41 Å². The second-order valence-corrected chi connectivity index (χ2v) is 4.98. The van der Waals surface area contributed by atoms with E-state index in [0.29, 0.717) is 35.9 Å². The van der Waals surface area contributed by atoms with E-state index in [0.717, 1.165) is 12.0 Å². The van der Waals surface area contributed by atoms with E-state index in [9.17, 15) is 0 Å². The normalized spacial score (nSPS) is 22.5. The molecule has 1 aromatic rings. The van der Waals surface area contributed by atoms with Gasteiger partial charge in [-0.2, -0.15) is 0 Å². The zero-order valence-corrected chi connectivity index (χ0v) is 11.0. The second kappa shape index (κ2) is 5.26. The molecule has 1 aliphatic rings. The molecule has 3 N–H and O–H groups in total. The van der Waals surface area contributed by atoms with E-state index in [4.69, 9.17) is 27.0 Å². The van der Waals surface area contributed by atoms with Crippen molar-refractivity contribution in [3.63, 3.8) is 0 Å². The Morgan fingerprint density at radius 3 is 3.00 bits per heavy atom. The van der Waals surface area contributed by atoms with Gasteiger partial charge in [0, 0.05) is 30.7 Å². The Labute approximate surface area is 111 Å². The molecule has 4 nitrogen and oxygen atoms in total. The zero-order valence-electron chi connectivity index (χ0n) is 10.3. The van der Waals surface area contributed by atoms with Crippen LogP contribution in [0.3, 0.4) is 0 Å². The number of hydroxylamine groups is 1. The van der Waals surface area contributed by atoms with Crippen molar-refractivity contribution in [3.05, 3.63) is 28.8 Å². The van der Waals surface area contributed by atoms with Gasteiger partial charge in [-0.1, -0.05) is 24.6 Å². The van der Waals surface area contributed by atoms with Crippen LogP contribution in [0.1, 0.15) is 31.7 Å². The molecule has 0 amide bonds. The highest BCUT2D eigenvalue weighted by Gasteiger charge is 2.37. The van der Waals surface area contributed by atoms with Gasteiger partial charge in [0.15, 0.2) is 0 Å². The third kappa shape index (κ3) is 2.36. The summed E-state index contributed by atoms with van der Waals surface area (Å²) < 4.78 is 6.05. The number of benzene rings is 1. The predicted molar refractivity (Wildman–Crippen MR) is 71.0 cm³/mol. The van der Waals surface area contributed by atoms with Crippen molar-refractivity contribution in [2.75, 3.05) is 6.54 Å². The van der Waals surface area contributed by atoms with E-state index >= 15 is 0 Å². The van der Waals surface area contributed by atoms with E-state index < -0.39 is 5.60 Å². The Balaban J connectivity index is 2.35. The van der Waals surface area contributed by atoms with Crippen LogP contribution in [0.2, 0.25) is 5.02 Å². The molecule has 1 aliphatic heterocycles. The maximum absolute atomic E-state index is 8.74. The fourth-order valence-corrected chi connectivity index (χ4v) is 2.53. The third-order valence-corrected chi connectivity index (χ3v) is 3.74. The lowest BCUT2D eigenvalue weighted by molar-refractivity contribution is 0.0427. The van der Waals surface area contributed by atoms with Gasteiger partial charge in [0.05, 0.1) is 5.02 Å². The van der Waals surface area contributed by atoms with Gasteiger partial charge in [0.25, 0.3) is 0 Å². The van der Waals surface area contributed by atoms with E-state index in [1.807, 2.05) is 19.1 Å². The summed E-state index contributed by atoms with van der Waals surface area (Å²) in [6.45, 7) is 2.45. The summed E-state index contributed by atoms with van der Waals surface area (Å²) in [5.41, 5.74) is 3.00. The number of hydrogen-bond acceptors (Lipinski definition) is 4. The van der Waals surface area contributed by atoms with Crippen molar-refractivity contribution in [2.45, 2.75) is 31.8 Å². The fraction of sp³-hybridized carbons (Fsp3) is 0.462. The van der Waals surface area contributed by atoms with Crippen LogP contribution in [0.5, 0.6) is 5.75 Å². The Hall–Kier alpha value is -1.10. The predicted octanol–water partition coefficient (Wildman–Crippen LogP) is 3.01. The molecular formula is C13H17ClN2O2. The van der Waals surface area contributed by atoms with Gasteiger partial charge in [-0.3, -0.25) is 0 Å². The lowest BCUT2D eigenvalue weighted by atomic mass is 9.85. The highest BCUT2D eigenvalue weighted by molar-refractivity contribution is 6.32. The summed E-state index contributed by atoms with van der Waals surface area (Å²) in [7, 11) is 0. The highest BCUT2D eigenvalue weighted by atomic mass is 35.5. The minimum atomic E-state index is -0.454. The zero-order chi connectivity index (χ0) is 13.2. The van der Waals surface area contributed by atoms with Gasteiger partial charge in [-0.05, 0) is 18.6 Å². The molecule has 1 unspecified atom stereocenters. The van der Waals surface area contributed by atoms with Crippen LogP contribution in [-0.2, 0) is 0 Å². The maximum atomic E-state index is 8.74. The molecule has 1 aromatic carbocycles. The van der Waals surface area contributed by atoms with Crippen molar-refractivity contribution in [3.8, 4) is 5.75 Å². The van der Waals surface area contributed by atoms with Crippen LogP contribution in [0.4, 0.5) is 0 Å². The highest BCUT2D eigenvalue weighted by Crippen LogP contribution is 2.40. The molecule has 2 rings (SSSR count). The van der Waals surface area contributed by atoms with Gasteiger partial charge >= 0.3 is 0 Å². The lowest BCUT2D eigenvalue weighted by Gasteiger charge is -2.38. The molecule has 0 radical (unpaired) electrons. The topological polar surface area (TPSA) is 65.3 Å². The number of hydrogen-bond donors (Lipinski definition) is 3. The number of nitrogens with one attached hydrogen (secondary N) is 2. The summed E-state index contributed by atoms with van der Waals surface area (Å²) in [6, 6.07) is 5.45. The Morgan fingerprint density at radius 2 is 2.33 bits per heavy atom. The van der Waals surface area contributed by atoms with Gasteiger partial charge in [0.2, 0.25) is 0 Å². The summed E-state index contributed by atoms with van der Waals surface area (Å²) in [4.78, 5) is 0. The average Bonchev–Trinajstić information content (AvgIpc) is 2.38. The molecule has 1 heterocycles. The Kier molecular flexibility index (Phi) is 3.90. The van der Waals surface area contributed by atoms with Gasteiger partial charge < -0.3 is 15.4 Å². The molecule has 0 fully saturated rings. The number of halogens is 1. The number of fused-ring (bicyclic) bond motifs is 1. The van der Waals surface area contributed by atoms with Crippen molar-refractivity contribution < 1.29 is 9.94 Å². The first-order valence-corrected chi connectivity index (χ1v) is 6.42. The van der Waals surface area contributed by atoms with Crippen molar-refractivity contribution >= 4 is 17.3 Å². The standard InChI is InChI=1S/C13H17ClN2O2/c1-2-13(6-7-16-17)8-11(15)9-4-3-5-10(14)12(9)18-13/h3-5,15-17H,2,6-8H2,1H3. The fourth-order valence-electron chi connectivity index (χ4n) is 2.32.